The van der Waals surface area contributed by atoms with Crippen LogP contribution in [0, 0.1) is 0 Å². The average Bonchev–Trinajstić information content (AvgIpc) is 2.68. The van der Waals surface area contributed by atoms with Crippen LogP contribution in [-0.2, 0) is 9.53 Å². The van der Waals surface area contributed by atoms with Crippen LogP contribution in [0.25, 0.3) is 16.5 Å². The third kappa shape index (κ3) is 3.19. The fraction of sp³-hybridized carbons (Fsp3) is 0.158. The number of hydrogen-bond acceptors (Lipinski definition) is 5. The smallest absolute Gasteiger partial charge is 0.360 e. The molecule has 0 aliphatic rings. The number of amides is 1. The van der Waals surface area contributed by atoms with Gasteiger partial charge in [-0.1, -0.05) is 36.4 Å². The Morgan fingerprint density at radius 1 is 1.04 bits per heavy atom. The van der Waals surface area contributed by atoms with Crippen LogP contribution in [0.5, 0.6) is 0 Å². The van der Waals surface area contributed by atoms with Crippen molar-refractivity contribution in [2.75, 3.05) is 7.05 Å². The molecule has 0 radical (unpaired) electrons. The largest absolute Gasteiger partial charge is 0.448 e. The Morgan fingerprint density at radius 2 is 1.65 bits per heavy atom. The Kier molecular flexibility index (Phi) is 4.79. The molecule has 0 fully saturated rings. The van der Waals surface area contributed by atoms with E-state index >= 15 is 0 Å². The summed E-state index contributed by atoms with van der Waals surface area (Å²) in [4.78, 5) is 37.0. The van der Waals surface area contributed by atoms with Crippen LogP contribution in [0.15, 0.2) is 59.4 Å². The summed E-state index contributed by atoms with van der Waals surface area (Å²) in [5.41, 5.74) is 0.152. The minimum atomic E-state index is -0.981. The van der Waals surface area contributed by atoms with Crippen molar-refractivity contribution < 1.29 is 14.3 Å². The highest BCUT2D eigenvalue weighted by Crippen LogP contribution is 2.16. The molecule has 7 heteroatoms. The lowest BCUT2D eigenvalue weighted by Crippen LogP contribution is -2.34. The zero-order chi connectivity index (χ0) is 18.7. The van der Waals surface area contributed by atoms with Gasteiger partial charge in [-0.2, -0.15) is 9.78 Å². The Bertz CT molecular complexity index is 1030. The molecule has 1 aromatic heterocycles. The second kappa shape index (κ2) is 7.18. The van der Waals surface area contributed by atoms with Gasteiger partial charge in [-0.05, 0) is 25.1 Å². The van der Waals surface area contributed by atoms with E-state index in [1.165, 1.54) is 14.0 Å². The maximum absolute atomic E-state index is 12.8. The van der Waals surface area contributed by atoms with Crippen molar-refractivity contribution in [2.24, 2.45) is 0 Å². The first-order chi connectivity index (χ1) is 12.5. The highest BCUT2D eigenvalue weighted by atomic mass is 16.5. The van der Waals surface area contributed by atoms with Crippen LogP contribution in [0.3, 0.4) is 0 Å². The molecule has 3 rings (SSSR count). The van der Waals surface area contributed by atoms with E-state index in [0.717, 1.165) is 4.68 Å². The first-order valence-electron chi connectivity index (χ1n) is 8.03. The van der Waals surface area contributed by atoms with Crippen molar-refractivity contribution in [2.45, 2.75) is 13.0 Å². The van der Waals surface area contributed by atoms with E-state index in [-0.39, 0.29) is 11.3 Å². The predicted octanol–water partition coefficient (Wildman–Crippen LogP) is 1.68. The van der Waals surface area contributed by atoms with Gasteiger partial charge in [0.1, 0.15) is 0 Å². The molecule has 0 spiro atoms. The molecule has 1 N–H and O–H groups in total. The number of para-hydroxylation sites is 1. The third-order valence-electron chi connectivity index (χ3n) is 3.90. The van der Waals surface area contributed by atoms with Crippen molar-refractivity contribution in [1.82, 2.24) is 15.1 Å². The molecule has 0 aliphatic carbocycles. The number of esters is 1. The van der Waals surface area contributed by atoms with E-state index in [2.05, 4.69) is 10.4 Å². The molecule has 132 valence electrons. The summed E-state index contributed by atoms with van der Waals surface area (Å²) in [5.74, 6) is -1.21. The number of carbonyl (C=O) groups excluding carboxylic acids is 2. The van der Waals surface area contributed by atoms with Crippen molar-refractivity contribution in [3.8, 4) is 5.69 Å². The van der Waals surface area contributed by atoms with Crippen LogP contribution in [0.4, 0.5) is 0 Å². The summed E-state index contributed by atoms with van der Waals surface area (Å²) >= 11 is 0. The minimum absolute atomic E-state index is 0.0280. The summed E-state index contributed by atoms with van der Waals surface area (Å²) in [6, 6.07) is 15.4. The Balaban J connectivity index is 2.16. The van der Waals surface area contributed by atoms with Gasteiger partial charge in [0.2, 0.25) is 0 Å². The molecule has 0 saturated carbocycles. The second-order valence-electron chi connectivity index (χ2n) is 5.61. The maximum atomic E-state index is 12.8. The summed E-state index contributed by atoms with van der Waals surface area (Å²) < 4.78 is 6.36. The van der Waals surface area contributed by atoms with Gasteiger partial charge in [0.05, 0.1) is 11.1 Å². The van der Waals surface area contributed by atoms with Gasteiger partial charge in [0.15, 0.2) is 11.8 Å². The molecule has 7 nitrogen and oxygen atoms in total. The molecular weight excluding hydrogens is 334 g/mol. The lowest BCUT2D eigenvalue weighted by atomic mass is 10.1. The fourth-order valence-corrected chi connectivity index (χ4v) is 2.56. The van der Waals surface area contributed by atoms with Gasteiger partial charge < -0.3 is 10.1 Å². The van der Waals surface area contributed by atoms with Crippen LogP contribution < -0.4 is 10.9 Å². The molecular formula is C19H17N3O4. The van der Waals surface area contributed by atoms with Gasteiger partial charge in [-0.25, -0.2) is 4.79 Å². The molecule has 1 unspecified atom stereocenters. The quantitative estimate of drug-likeness (QED) is 0.722. The van der Waals surface area contributed by atoms with Crippen molar-refractivity contribution >= 4 is 22.6 Å². The Morgan fingerprint density at radius 3 is 2.31 bits per heavy atom. The SMILES string of the molecule is CNC(=O)C(C)OC(=O)c1nn(-c2ccccc2)c(=O)c2ccccc12. The molecule has 1 atom stereocenters. The lowest BCUT2D eigenvalue weighted by molar-refractivity contribution is -0.128. The van der Waals surface area contributed by atoms with Crippen molar-refractivity contribution in [3.63, 3.8) is 0 Å². The highest BCUT2D eigenvalue weighted by Gasteiger charge is 2.23. The predicted molar refractivity (Wildman–Crippen MR) is 96.3 cm³/mol. The van der Waals surface area contributed by atoms with E-state index in [0.29, 0.717) is 16.5 Å². The minimum Gasteiger partial charge on any atom is -0.448 e. The zero-order valence-electron chi connectivity index (χ0n) is 14.3. The number of fused-ring (bicyclic) bond motifs is 1. The number of ether oxygens (including phenoxy) is 1. The number of likely N-dealkylation sites (N-methyl/N-ethyl adjacent to an activating group) is 1. The van der Waals surface area contributed by atoms with Crippen LogP contribution in [0.2, 0.25) is 0 Å². The molecule has 0 saturated heterocycles. The van der Waals surface area contributed by atoms with E-state index in [9.17, 15) is 14.4 Å². The first kappa shape index (κ1) is 17.3. The zero-order valence-corrected chi connectivity index (χ0v) is 14.3. The fourth-order valence-electron chi connectivity index (χ4n) is 2.56. The van der Waals surface area contributed by atoms with E-state index in [4.69, 9.17) is 4.74 Å². The average molecular weight is 351 g/mol. The molecule has 1 amide bonds. The van der Waals surface area contributed by atoms with Crippen molar-refractivity contribution in [1.29, 1.82) is 0 Å². The van der Waals surface area contributed by atoms with Crippen LogP contribution >= 0.6 is 0 Å². The number of carbonyl (C=O) groups is 2. The van der Waals surface area contributed by atoms with Crippen molar-refractivity contribution in [3.05, 3.63) is 70.6 Å². The summed E-state index contributed by atoms with van der Waals surface area (Å²) in [7, 11) is 1.45. The van der Waals surface area contributed by atoms with Gasteiger partial charge in [-0.15, -0.1) is 0 Å². The number of aromatic nitrogens is 2. The number of nitrogens with zero attached hydrogens (tertiary/aromatic N) is 2. The Hall–Kier alpha value is -3.48. The lowest BCUT2D eigenvalue weighted by Gasteiger charge is -2.14. The molecule has 0 bridgehead atoms. The molecule has 2 aromatic carbocycles. The third-order valence-corrected chi connectivity index (χ3v) is 3.90. The molecule has 3 aromatic rings. The Labute approximate surface area is 149 Å². The maximum Gasteiger partial charge on any atom is 0.360 e. The van der Waals surface area contributed by atoms with Gasteiger partial charge in [0, 0.05) is 12.4 Å². The normalized spacial score (nSPS) is 11.8. The topological polar surface area (TPSA) is 90.3 Å². The van der Waals surface area contributed by atoms with E-state index < -0.39 is 18.0 Å². The standard InChI is InChI=1S/C19H17N3O4/c1-12(17(23)20-2)26-19(25)16-14-10-6-7-11-15(14)18(24)22(21-16)13-8-4-3-5-9-13/h3-12H,1-2H3,(H,20,23). The van der Waals surface area contributed by atoms with Gasteiger partial charge in [-0.3, -0.25) is 9.59 Å². The van der Waals surface area contributed by atoms with E-state index in [1.54, 1.807) is 48.5 Å². The van der Waals surface area contributed by atoms with E-state index in [1.807, 2.05) is 6.07 Å². The number of rotatable bonds is 4. The first-order valence-corrected chi connectivity index (χ1v) is 8.03. The number of hydrogen-bond donors (Lipinski definition) is 1. The number of nitrogens with one attached hydrogen (secondary N) is 1. The molecule has 26 heavy (non-hydrogen) atoms. The summed E-state index contributed by atoms with van der Waals surface area (Å²) in [6.07, 6.45) is -0.981. The van der Waals surface area contributed by atoms with Gasteiger partial charge in [0.25, 0.3) is 11.5 Å². The summed E-state index contributed by atoms with van der Waals surface area (Å²) in [6.45, 7) is 1.46. The highest BCUT2D eigenvalue weighted by molar-refractivity contribution is 6.03. The summed E-state index contributed by atoms with van der Waals surface area (Å²) in [5, 5.41) is 7.33. The monoisotopic (exact) mass is 351 g/mol. The molecule has 0 aliphatic heterocycles. The van der Waals surface area contributed by atoms with Gasteiger partial charge >= 0.3 is 5.97 Å². The second-order valence-corrected chi connectivity index (χ2v) is 5.61. The molecule has 1 heterocycles. The number of benzene rings is 2. The van der Waals surface area contributed by atoms with Crippen LogP contribution in [0.1, 0.15) is 17.4 Å². The van der Waals surface area contributed by atoms with Crippen LogP contribution in [-0.4, -0.2) is 34.8 Å².